The van der Waals surface area contributed by atoms with Crippen LogP contribution in [0.15, 0.2) is 36.9 Å². The molecule has 138 valence electrons. The largest absolute Gasteiger partial charge is 0.437 e. The number of hydrogen-bond donors (Lipinski definition) is 2. The maximum absolute atomic E-state index is 11.9. The second-order valence-corrected chi connectivity index (χ2v) is 7.77. The Morgan fingerprint density at radius 3 is 1.88 bits per heavy atom. The second-order valence-electron chi connectivity index (χ2n) is 7.77. The third-order valence-electron chi connectivity index (χ3n) is 2.82. The number of amides is 2. The first-order valence-electron chi connectivity index (χ1n) is 8.11. The van der Waals surface area contributed by atoms with Crippen molar-refractivity contribution in [2.24, 2.45) is 0 Å². The van der Waals surface area contributed by atoms with Crippen LogP contribution in [-0.4, -0.2) is 23.3 Å². The number of carbonyl (C=O) groups is 2. The van der Waals surface area contributed by atoms with Gasteiger partial charge in [-0.1, -0.05) is 18.7 Å². The maximum Gasteiger partial charge on any atom is 0.413 e. The molecule has 0 heterocycles. The minimum atomic E-state index is -0.597. The van der Waals surface area contributed by atoms with Gasteiger partial charge in [-0.05, 0) is 65.3 Å². The number of nitrogens with one attached hydrogen (secondary N) is 2. The number of hydrogen-bond acceptors (Lipinski definition) is 4. The van der Waals surface area contributed by atoms with E-state index in [9.17, 15) is 9.59 Å². The van der Waals surface area contributed by atoms with E-state index in [2.05, 4.69) is 17.2 Å². The van der Waals surface area contributed by atoms with Crippen LogP contribution in [0.3, 0.4) is 0 Å². The third kappa shape index (κ3) is 8.24. The molecular formula is C19H28N2O4. The minimum Gasteiger partial charge on any atom is -0.437 e. The van der Waals surface area contributed by atoms with Crippen LogP contribution >= 0.6 is 0 Å². The number of carbonyl (C=O) groups excluding carboxylic acids is 2. The van der Waals surface area contributed by atoms with E-state index in [0.29, 0.717) is 5.75 Å². The zero-order valence-electron chi connectivity index (χ0n) is 15.8. The Morgan fingerprint density at radius 2 is 1.44 bits per heavy atom. The summed E-state index contributed by atoms with van der Waals surface area (Å²) in [7, 11) is 0. The lowest BCUT2D eigenvalue weighted by Crippen LogP contribution is -2.42. The van der Waals surface area contributed by atoms with Gasteiger partial charge >= 0.3 is 12.2 Å². The molecule has 0 bridgehead atoms. The Balaban J connectivity index is 2.71. The van der Waals surface area contributed by atoms with Crippen molar-refractivity contribution in [3.8, 4) is 5.75 Å². The van der Waals surface area contributed by atoms with Crippen LogP contribution < -0.4 is 15.4 Å². The summed E-state index contributed by atoms with van der Waals surface area (Å²) < 4.78 is 10.6. The van der Waals surface area contributed by atoms with Crippen molar-refractivity contribution < 1.29 is 19.1 Å². The van der Waals surface area contributed by atoms with Crippen molar-refractivity contribution in [2.45, 2.75) is 58.7 Å². The van der Waals surface area contributed by atoms with E-state index >= 15 is 0 Å². The molecule has 0 aliphatic carbocycles. The van der Waals surface area contributed by atoms with Crippen LogP contribution in [-0.2, 0) is 4.74 Å². The smallest absolute Gasteiger partial charge is 0.413 e. The molecule has 0 aliphatic rings. The fourth-order valence-electron chi connectivity index (χ4n) is 1.87. The van der Waals surface area contributed by atoms with Crippen LogP contribution in [0.4, 0.5) is 9.59 Å². The predicted molar refractivity (Wildman–Crippen MR) is 97.7 cm³/mol. The summed E-state index contributed by atoms with van der Waals surface area (Å²) in [4.78, 5) is 23.6. The van der Waals surface area contributed by atoms with Gasteiger partial charge in [0.1, 0.15) is 11.9 Å². The van der Waals surface area contributed by atoms with E-state index in [0.717, 1.165) is 5.56 Å². The van der Waals surface area contributed by atoms with Gasteiger partial charge in [-0.25, -0.2) is 9.59 Å². The molecule has 6 heteroatoms. The molecule has 0 unspecified atom stereocenters. The summed E-state index contributed by atoms with van der Waals surface area (Å²) in [6, 6.07) is 6.71. The molecule has 25 heavy (non-hydrogen) atoms. The van der Waals surface area contributed by atoms with Crippen molar-refractivity contribution in [3.63, 3.8) is 0 Å². The van der Waals surface area contributed by atoms with E-state index in [4.69, 9.17) is 9.47 Å². The molecule has 6 nitrogen and oxygen atoms in total. The topological polar surface area (TPSA) is 76.7 Å². The van der Waals surface area contributed by atoms with Gasteiger partial charge in [-0.2, -0.15) is 0 Å². The van der Waals surface area contributed by atoms with Gasteiger partial charge in [-0.3, -0.25) is 0 Å². The van der Waals surface area contributed by atoms with Gasteiger partial charge in [0.2, 0.25) is 0 Å². The van der Waals surface area contributed by atoms with Crippen molar-refractivity contribution in [1.82, 2.24) is 10.6 Å². The summed E-state index contributed by atoms with van der Waals surface area (Å²) >= 11 is 0. The average Bonchev–Trinajstić information content (AvgIpc) is 2.41. The zero-order chi connectivity index (χ0) is 19.3. The van der Waals surface area contributed by atoms with Crippen LogP contribution in [0.25, 0.3) is 0 Å². The molecule has 1 rings (SSSR count). The van der Waals surface area contributed by atoms with Crippen LogP contribution in [0.2, 0.25) is 0 Å². The number of alkyl carbamates (subject to hydrolysis) is 1. The maximum atomic E-state index is 11.9. The molecule has 0 aliphatic heterocycles. The predicted octanol–water partition coefficient (Wildman–Crippen LogP) is 4.33. The molecule has 0 aromatic heterocycles. The summed E-state index contributed by atoms with van der Waals surface area (Å²) in [5, 5.41) is 5.44. The highest BCUT2D eigenvalue weighted by atomic mass is 16.6. The monoisotopic (exact) mass is 348 g/mol. The van der Waals surface area contributed by atoms with Crippen molar-refractivity contribution in [1.29, 1.82) is 0 Å². The molecule has 2 amide bonds. The molecule has 0 radical (unpaired) electrons. The highest BCUT2D eigenvalue weighted by Crippen LogP contribution is 2.22. The molecule has 0 spiro atoms. The molecular weight excluding hydrogens is 320 g/mol. The minimum absolute atomic E-state index is 0.376. The normalized spacial score (nSPS) is 12.7. The lowest BCUT2D eigenvalue weighted by Gasteiger charge is -2.22. The highest BCUT2D eigenvalue weighted by molar-refractivity contribution is 5.71. The summed E-state index contributed by atoms with van der Waals surface area (Å²) in [6.07, 6.45) is -0.117. The summed E-state index contributed by atoms with van der Waals surface area (Å²) in [5.41, 5.74) is -0.0391. The Kier molecular flexibility index (Phi) is 6.62. The van der Waals surface area contributed by atoms with Crippen LogP contribution in [0.5, 0.6) is 5.75 Å². The molecule has 1 aromatic rings. The fraction of sp³-hybridized carbons (Fsp3) is 0.474. The molecule has 1 atom stereocenters. The zero-order valence-corrected chi connectivity index (χ0v) is 15.8. The Labute approximate surface area is 149 Å². The SMILES string of the molecule is C=C[C@H](OC(=O)NC(C)(C)C)c1ccc(OC(=O)NC(C)(C)C)cc1. The average molecular weight is 348 g/mol. The Bertz CT molecular complexity index is 610. The second kappa shape index (κ2) is 8.05. The molecule has 0 saturated carbocycles. The van der Waals surface area contributed by atoms with Gasteiger partial charge in [-0.15, -0.1) is 0 Å². The first-order valence-corrected chi connectivity index (χ1v) is 8.11. The molecule has 1 aromatic carbocycles. The highest BCUT2D eigenvalue weighted by Gasteiger charge is 2.19. The van der Waals surface area contributed by atoms with Crippen molar-refractivity contribution in [3.05, 3.63) is 42.5 Å². The van der Waals surface area contributed by atoms with Gasteiger partial charge in [0.05, 0.1) is 0 Å². The van der Waals surface area contributed by atoms with E-state index in [1.165, 1.54) is 6.08 Å². The molecule has 0 saturated heterocycles. The van der Waals surface area contributed by atoms with Crippen molar-refractivity contribution >= 4 is 12.2 Å². The summed E-state index contributed by atoms with van der Waals surface area (Å²) in [6.45, 7) is 14.9. The lowest BCUT2D eigenvalue weighted by molar-refractivity contribution is 0.112. The summed E-state index contributed by atoms with van der Waals surface area (Å²) in [5.74, 6) is 0.396. The van der Waals surface area contributed by atoms with Crippen LogP contribution in [0, 0.1) is 0 Å². The quantitative estimate of drug-likeness (QED) is 0.794. The number of ether oxygens (including phenoxy) is 2. The molecule has 2 N–H and O–H groups in total. The fourth-order valence-corrected chi connectivity index (χ4v) is 1.87. The van der Waals surface area contributed by atoms with E-state index in [1.807, 2.05) is 41.5 Å². The van der Waals surface area contributed by atoms with Gasteiger partial charge in [0, 0.05) is 11.1 Å². The van der Waals surface area contributed by atoms with Gasteiger partial charge in [0.15, 0.2) is 0 Å². The first-order chi connectivity index (χ1) is 11.4. The number of benzene rings is 1. The van der Waals surface area contributed by atoms with Gasteiger partial charge in [0.25, 0.3) is 0 Å². The van der Waals surface area contributed by atoms with Crippen molar-refractivity contribution in [2.75, 3.05) is 0 Å². The first kappa shape index (κ1) is 20.5. The third-order valence-corrected chi connectivity index (χ3v) is 2.82. The van der Waals surface area contributed by atoms with E-state index in [-0.39, 0.29) is 11.1 Å². The Morgan fingerprint density at radius 1 is 0.960 bits per heavy atom. The number of rotatable bonds is 4. The lowest BCUT2D eigenvalue weighted by atomic mass is 10.1. The standard InChI is InChI=1S/C19H28N2O4/c1-8-15(25-17(23)21-19(5,6)7)13-9-11-14(12-10-13)24-16(22)20-18(2,3)4/h8-12,15H,1H2,2-7H3,(H,20,22)(H,21,23)/t15-/m0/s1. The van der Waals surface area contributed by atoms with Gasteiger partial charge < -0.3 is 20.1 Å². The molecule has 0 fully saturated rings. The van der Waals surface area contributed by atoms with E-state index in [1.54, 1.807) is 24.3 Å². The van der Waals surface area contributed by atoms with Crippen LogP contribution in [0.1, 0.15) is 53.2 Å². The van der Waals surface area contributed by atoms with E-state index < -0.39 is 18.3 Å². The Hall–Kier alpha value is -2.50.